The highest BCUT2D eigenvalue weighted by atomic mass is 16.5. The molecule has 0 spiro atoms. The van der Waals surface area contributed by atoms with Gasteiger partial charge in [0.15, 0.2) is 0 Å². The molecule has 0 fully saturated rings. The number of ether oxygens (including phenoxy) is 1. The van der Waals surface area contributed by atoms with Crippen molar-refractivity contribution in [3.63, 3.8) is 0 Å². The average molecular weight is 177 g/mol. The lowest BCUT2D eigenvalue weighted by molar-refractivity contribution is 0.166. The maximum atomic E-state index is 5.79. The zero-order chi connectivity index (χ0) is 9.10. The number of aryl methyl sites for hydroxylation is 1. The Kier molecular flexibility index (Phi) is 2.50. The van der Waals surface area contributed by atoms with Crippen molar-refractivity contribution in [1.29, 1.82) is 0 Å². The first-order valence-electron chi connectivity index (χ1n) is 4.85. The summed E-state index contributed by atoms with van der Waals surface area (Å²) in [5, 5.41) is 0. The number of para-hydroxylation sites is 1. The molecular formula is C11H15NO. The van der Waals surface area contributed by atoms with Crippen LogP contribution >= 0.6 is 0 Å². The fraction of sp³-hybridized carbons (Fsp3) is 0.455. The minimum atomic E-state index is 0.333. The lowest BCUT2D eigenvalue weighted by Gasteiger charge is -2.25. The Morgan fingerprint density at radius 2 is 2.23 bits per heavy atom. The summed E-state index contributed by atoms with van der Waals surface area (Å²) in [7, 11) is 0. The highest BCUT2D eigenvalue weighted by Crippen LogP contribution is 2.27. The number of hydrogen-bond acceptors (Lipinski definition) is 2. The molecule has 0 radical (unpaired) electrons. The summed E-state index contributed by atoms with van der Waals surface area (Å²) in [4.78, 5) is 0. The van der Waals surface area contributed by atoms with E-state index in [9.17, 15) is 0 Å². The number of hydrogen-bond donors (Lipinski definition) is 1. The Balaban J connectivity index is 2.11. The predicted octanol–water partition coefficient (Wildman–Crippen LogP) is 1.73. The van der Waals surface area contributed by atoms with E-state index in [1.54, 1.807) is 0 Å². The second-order valence-electron chi connectivity index (χ2n) is 3.46. The van der Waals surface area contributed by atoms with Gasteiger partial charge in [-0.05, 0) is 37.4 Å². The van der Waals surface area contributed by atoms with Crippen LogP contribution in [0.15, 0.2) is 24.3 Å². The van der Waals surface area contributed by atoms with Gasteiger partial charge >= 0.3 is 0 Å². The van der Waals surface area contributed by atoms with Gasteiger partial charge in [-0.25, -0.2) is 0 Å². The van der Waals surface area contributed by atoms with Gasteiger partial charge in [0, 0.05) is 0 Å². The molecule has 2 nitrogen and oxygen atoms in total. The van der Waals surface area contributed by atoms with Crippen LogP contribution in [0, 0.1) is 0 Å². The molecule has 70 valence electrons. The van der Waals surface area contributed by atoms with Crippen molar-refractivity contribution >= 4 is 0 Å². The van der Waals surface area contributed by atoms with Gasteiger partial charge < -0.3 is 10.5 Å². The molecule has 0 aliphatic carbocycles. The maximum Gasteiger partial charge on any atom is 0.122 e. The van der Waals surface area contributed by atoms with Crippen LogP contribution in [-0.4, -0.2) is 12.6 Å². The molecular weight excluding hydrogens is 162 g/mol. The van der Waals surface area contributed by atoms with Crippen LogP contribution in [0.25, 0.3) is 0 Å². The largest absolute Gasteiger partial charge is 0.490 e. The van der Waals surface area contributed by atoms with E-state index in [1.165, 1.54) is 5.56 Å². The first-order chi connectivity index (χ1) is 6.40. The summed E-state index contributed by atoms with van der Waals surface area (Å²) in [6, 6.07) is 8.25. The average Bonchev–Trinajstić information content (AvgIpc) is 2.18. The van der Waals surface area contributed by atoms with Gasteiger partial charge in [-0.1, -0.05) is 18.2 Å². The van der Waals surface area contributed by atoms with Gasteiger partial charge in [0.25, 0.3) is 0 Å². The van der Waals surface area contributed by atoms with Gasteiger partial charge in [-0.2, -0.15) is 0 Å². The SMILES string of the molecule is NCC[C@H]1CCc2ccccc2O1. The van der Waals surface area contributed by atoms with Gasteiger partial charge in [-0.15, -0.1) is 0 Å². The van der Waals surface area contributed by atoms with Crippen molar-refractivity contribution in [2.45, 2.75) is 25.4 Å². The van der Waals surface area contributed by atoms with Crippen LogP contribution in [-0.2, 0) is 6.42 Å². The van der Waals surface area contributed by atoms with Crippen LogP contribution < -0.4 is 10.5 Å². The van der Waals surface area contributed by atoms with Crippen molar-refractivity contribution in [3.8, 4) is 5.75 Å². The molecule has 2 rings (SSSR count). The first-order valence-corrected chi connectivity index (χ1v) is 4.85. The van der Waals surface area contributed by atoms with E-state index < -0.39 is 0 Å². The minimum absolute atomic E-state index is 0.333. The second-order valence-corrected chi connectivity index (χ2v) is 3.46. The van der Waals surface area contributed by atoms with Gasteiger partial charge in [0.1, 0.15) is 11.9 Å². The summed E-state index contributed by atoms with van der Waals surface area (Å²) in [6.45, 7) is 0.715. The highest BCUT2D eigenvalue weighted by molar-refractivity contribution is 5.35. The zero-order valence-electron chi connectivity index (χ0n) is 7.70. The van der Waals surface area contributed by atoms with Crippen molar-refractivity contribution < 1.29 is 4.74 Å². The van der Waals surface area contributed by atoms with Crippen LogP contribution in [0.2, 0.25) is 0 Å². The molecule has 0 unspecified atom stereocenters. The lowest BCUT2D eigenvalue weighted by atomic mass is 10.0. The molecule has 1 aromatic carbocycles. The number of nitrogens with two attached hydrogens (primary N) is 1. The third-order valence-corrected chi connectivity index (χ3v) is 2.49. The fourth-order valence-electron chi connectivity index (χ4n) is 1.77. The molecule has 1 aromatic rings. The Bertz CT molecular complexity index is 285. The van der Waals surface area contributed by atoms with E-state index in [0.29, 0.717) is 12.6 Å². The highest BCUT2D eigenvalue weighted by Gasteiger charge is 2.17. The zero-order valence-corrected chi connectivity index (χ0v) is 7.70. The molecule has 0 saturated carbocycles. The van der Waals surface area contributed by atoms with E-state index in [-0.39, 0.29) is 0 Å². The second kappa shape index (κ2) is 3.79. The first kappa shape index (κ1) is 8.57. The third kappa shape index (κ3) is 1.83. The molecule has 0 saturated heterocycles. The van der Waals surface area contributed by atoms with E-state index in [0.717, 1.165) is 25.0 Å². The minimum Gasteiger partial charge on any atom is -0.490 e. The van der Waals surface area contributed by atoms with Gasteiger partial charge in [-0.3, -0.25) is 0 Å². The Labute approximate surface area is 78.7 Å². The number of fused-ring (bicyclic) bond motifs is 1. The van der Waals surface area contributed by atoms with Crippen LogP contribution in [0.4, 0.5) is 0 Å². The van der Waals surface area contributed by atoms with E-state index >= 15 is 0 Å². The molecule has 0 bridgehead atoms. The monoisotopic (exact) mass is 177 g/mol. The molecule has 0 amide bonds. The Hall–Kier alpha value is -1.02. The molecule has 1 aliphatic rings. The quantitative estimate of drug-likeness (QED) is 0.746. The van der Waals surface area contributed by atoms with E-state index in [4.69, 9.17) is 10.5 Å². The molecule has 1 aliphatic heterocycles. The van der Waals surface area contributed by atoms with E-state index in [1.807, 2.05) is 12.1 Å². The summed E-state index contributed by atoms with van der Waals surface area (Å²) in [5.41, 5.74) is 6.83. The van der Waals surface area contributed by atoms with Crippen LogP contribution in [0.1, 0.15) is 18.4 Å². The van der Waals surface area contributed by atoms with Crippen molar-refractivity contribution in [2.24, 2.45) is 5.73 Å². The smallest absolute Gasteiger partial charge is 0.122 e. The Morgan fingerprint density at radius 1 is 1.38 bits per heavy atom. The molecule has 0 aromatic heterocycles. The van der Waals surface area contributed by atoms with Crippen molar-refractivity contribution in [2.75, 3.05) is 6.54 Å². The van der Waals surface area contributed by atoms with Crippen molar-refractivity contribution in [3.05, 3.63) is 29.8 Å². The van der Waals surface area contributed by atoms with Crippen LogP contribution in [0.5, 0.6) is 5.75 Å². The Morgan fingerprint density at radius 3 is 3.08 bits per heavy atom. The molecule has 2 N–H and O–H groups in total. The van der Waals surface area contributed by atoms with Crippen LogP contribution in [0.3, 0.4) is 0 Å². The number of benzene rings is 1. The summed E-state index contributed by atoms with van der Waals surface area (Å²) in [5.74, 6) is 1.05. The standard InChI is InChI=1S/C11H15NO/c12-8-7-10-6-5-9-3-1-2-4-11(9)13-10/h1-4,10H,5-8,12H2/t10-/m1/s1. The molecule has 1 heterocycles. The summed E-state index contributed by atoms with van der Waals surface area (Å²) >= 11 is 0. The topological polar surface area (TPSA) is 35.2 Å². The summed E-state index contributed by atoms with van der Waals surface area (Å²) in [6.07, 6.45) is 3.53. The maximum absolute atomic E-state index is 5.79. The van der Waals surface area contributed by atoms with Crippen molar-refractivity contribution in [1.82, 2.24) is 0 Å². The molecule has 1 atom stereocenters. The number of rotatable bonds is 2. The third-order valence-electron chi connectivity index (χ3n) is 2.49. The van der Waals surface area contributed by atoms with Gasteiger partial charge in [0.05, 0.1) is 0 Å². The summed E-state index contributed by atoms with van der Waals surface area (Å²) < 4.78 is 5.79. The molecule has 13 heavy (non-hydrogen) atoms. The fourth-order valence-corrected chi connectivity index (χ4v) is 1.77. The molecule has 2 heteroatoms. The van der Waals surface area contributed by atoms with Gasteiger partial charge in [0.2, 0.25) is 0 Å². The normalized spacial score (nSPS) is 20.5. The lowest BCUT2D eigenvalue weighted by Crippen LogP contribution is -2.25. The predicted molar refractivity (Wildman–Crippen MR) is 52.9 cm³/mol. The van der Waals surface area contributed by atoms with E-state index in [2.05, 4.69) is 12.1 Å².